The number of nitrogens with one attached hydrogen (secondary N) is 1. The molecule has 1 saturated heterocycles. The highest BCUT2D eigenvalue weighted by atomic mass is 16.2. The minimum absolute atomic E-state index is 0.0481. The summed E-state index contributed by atoms with van der Waals surface area (Å²) in [6, 6.07) is 7.58. The van der Waals surface area contributed by atoms with Crippen molar-refractivity contribution in [1.82, 2.24) is 10.2 Å². The van der Waals surface area contributed by atoms with Crippen LogP contribution in [0.3, 0.4) is 0 Å². The van der Waals surface area contributed by atoms with E-state index in [1.165, 1.54) is 0 Å². The number of hydrogen-bond acceptors (Lipinski definition) is 2. The summed E-state index contributed by atoms with van der Waals surface area (Å²) in [4.78, 5) is 26.0. The van der Waals surface area contributed by atoms with Crippen LogP contribution < -0.4 is 5.32 Å². The van der Waals surface area contributed by atoms with Gasteiger partial charge < -0.3 is 10.2 Å². The fraction of sp³-hybridized carbons (Fsp3) is 0.556. The van der Waals surface area contributed by atoms with Crippen molar-refractivity contribution >= 4 is 11.8 Å². The third-order valence-corrected chi connectivity index (χ3v) is 4.06. The van der Waals surface area contributed by atoms with Crippen LogP contribution in [-0.2, 0) is 11.3 Å². The molecule has 4 nitrogen and oxygen atoms in total. The van der Waals surface area contributed by atoms with Crippen LogP contribution in [0.5, 0.6) is 0 Å². The van der Waals surface area contributed by atoms with E-state index in [0.717, 1.165) is 31.4 Å². The molecular formula is C18H26N2O2. The Bertz CT molecular complexity index is 552. The molecule has 1 fully saturated rings. The number of nitrogens with zero attached hydrogens (tertiary/aromatic N) is 1. The molecule has 1 heterocycles. The molecule has 0 atom stereocenters. The van der Waals surface area contributed by atoms with Crippen molar-refractivity contribution in [3.63, 3.8) is 0 Å². The first-order valence-corrected chi connectivity index (χ1v) is 8.10. The highest BCUT2D eigenvalue weighted by molar-refractivity contribution is 5.94. The van der Waals surface area contributed by atoms with E-state index in [0.29, 0.717) is 18.5 Å². The lowest BCUT2D eigenvalue weighted by molar-refractivity contribution is -0.128. The van der Waals surface area contributed by atoms with E-state index in [-0.39, 0.29) is 17.4 Å². The summed E-state index contributed by atoms with van der Waals surface area (Å²) in [5.74, 6) is 0.159. The van der Waals surface area contributed by atoms with Gasteiger partial charge in [0, 0.05) is 30.6 Å². The molecule has 1 aliphatic rings. The lowest BCUT2D eigenvalue weighted by Gasteiger charge is -2.26. The van der Waals surface area contributed by atoms with Gasteiger partial charge in [0.2, 0.25) is 5.91 Å². The molecule has 0 radical (unpaired) electrons. The molecule has 4 heteroatoms. The maximum atomic E-state index is 12.4. The van der Waals surface area contributed by atoms with E-state index < -0.39 is 0 Å². The first kappa shape index (κ1) is 16.5. The van der Waals surface area contributed by atoms with Gasteiger partial charge in [-0.05, 0) is 44.4 Å². The summed E-state index contributed by atoms with van der Waals surface area (Å²) in [5.41, 5.74) is 1.47. The van der Waals surface area contributed by atoms with E-state index >= 15 is 0 Å². The summed E-state index contributed by atoms with van der Waals surface area (Å²) in [7, 11) is 0. The zero-order chi connectivity index (χ0) is 16.2. The molecular weight excluding hydrogens is 276 g/mol. The average Bonchev–Trinajstić information content (AvgIpc) is 2.84. The zero-order valence-electron chi connectivity index (χ0n) is 13.8. The van der Waals surface area contributed by atoms with Crippen LogP contribution in [-0.4, -0.2) is 28.8 Å². The van der Waals surface area contributed by atoms with Crippen molar-refractivity contribution in [3.8, 4) is 0 Å². The molecule has 1 aromatic rings. The minimum Gasteiger partial charge on any atom is -0.347 e. The SMILES string of the molecule is CCCC(C)(C)NC(=O)c1cccc(CN2CCCC2=O)c1. The predicted molar refractivity (Wildman–Crippen MR) is 87.5 cm³/mol. The van der Waals surface area contributed by atoms with Crippen LogP contribution >= 0.6 is 0 Å². The smallest absolute Gasteiger partial charge is 0.251 e. The molecule has 120 valence electrons. The van der Waals surface area contributed by atoms with Gasteiger partial charge in [0.1, 0.15) is 0 Å². The number of carbonyl (C=O) groups is 2. The van der Waals surface area contributed by atoms with Crippen molar-refractivity contribution in [2.75, 3.05) is 6.54 Å². The number of benzene rings is 1. The third kappa shape index (κ3) is 4.33. The van der Waals surface area contributed by atoms with Crippen LogP contribution in [0.4, 0.5) is 0 Å². The second-order valence-electron chi connectivity index (χ2n) is 6.71. The molecule has 2 rings (SSSR count). The van der Waals surface area contributed by atoms with Gasteiger partial charge in [0.05, 0.1) is 0 Å². The molecule has 0 aliphatic carbocycles. The summed E-state index contributed by atoms with van der Waals surface area (Å²) in [6.45, 7) is 7.61. The van der Waals surface area contributed by atoms with E-state index in [1.807, 2.05) is 43.0 Å². The number of carbonyl (C=O) groups excluding carboxylic acids is 2. The Hall–Kier alpha value is -1.84. The Balaban J connectivity index is 2.04. The van der Waals surface area contributed by atoms with Gasteiger partial charge in [0.15, 0.2) is 0 Å². The van der Waals surface area contributed by atoms with Crippen molar-refractivity contribution in [2.24, 2.45) is 0 Å². The van der Waals surface area contributed by atoms with E-state index in [1.54, 1.807) is 0 Å². The number of amides is 2. The minimum atomic E-state index is -0.202. The monoisotopic (exact) mass is 302 g/mol. The van der Waals surface area contributed by atoms with Gasteiger partial charge in [-0.15, -0.1) is 0 Å². The summed E-state index contributed by atoms with van der Waals surface area (Å²) < 4.78 is 0. The molecule has 0 bridgehead atoms. The summed E-state index contributed by atoms with van der Waals surface area (Å²) >= 11 is 0. The van der Waals surface area contributed by atoms with Gasteiger partial charge >= 0.3 is 0 Å². The first-order valence-electron chi connectivity index (χ1n) is 8.10. The van der Waals surface area contributed by atoms with Gasteiger partial charge in [-0.1, -0.05) is 25.5 Å². The molecule has 0 unspecified atom stereocenters. The number of likely N-dealkylation sites (tertiary alicyclic amines) is 1. The molecule has 2 amide bonds. The standard InChI is InChI=1S/C18H26N2O2/c1-4-10-18(2,3)19-17(22)15-8-5-7-14(12-15)13-20-11-6-9-16(20)21/h5,7-8,12H,4,6,9-11,13H2,1-3H3,(H,19,22). The number of hydrogen-bond donors (Lipinski definition) is 1. The van der Waals surface area contributed by atoms with Crippen LogP contribution in [0.1, 0.15) is 62.4 Å². The summed E-state index contributed by atoms with van der Waals surface area (Å²) in [6.07, 6.45) is 3.56. The maximum Gasteiger partial charge on any atom is 0.251 e. The summed E-state index contributed by atoms with van der Waals surface area (Å²) in [5, 5.41) is 3.08. The maximum absolute atomic E-state index is 12.4. The number of rotatable bonds is 6. The van der Waals surface area contributed by atoms with E-state index in [4.69, 9.17) is 0 Å². The normalized spacial score (nSPS) is 15.2. The third-order valence-electron chi connectivity index (χ3n) is 4.06. The lowest BCUT2D eigenvalue weighted by Crippen LogP contribution is -2.43. The second-order valence-corrected chi connectivity index (χ2v) is 6.71. The van der Waals surface area contributed by atoms with E-state index in [9.17, 15) is 9.59 Å². The molecule has 1 aromatic carbocycles. The Labute approximate surface area is 132 Å². The fourth-order valence-electron chi connectivity index (χ4n) is 2.97. The molecule has 0 saturated carbocycles. The fourth-order valence-corrected chi connectivity index (χ4v) is 2.97. The largest absolute Gasteiger partial charge is 0.347 e. The Morgan fingerprint density at radius 2 is 2.14 bits per heavy atom. The van der Waals surface area contributed by atoms with Gasteiger partial charge in [-0.25, -0.2) is 0 Å². The predicted octanol–water partition coefficient (Wildman–Crippen LogP) is 3.12. The highest BCUT2D eigenvalue weighted by Gasteiger charge is 2.22. The highest BCUT2D eigenvalue weighted by Crippen LogP contribution is 2.16. The van der Waals surface area contributed by atoms with Crippen LogP contribution in [0.25, 0.3) is 0 Å². The molecule has 22 heavy (non-hydrogen) atoms. The Morgan fingerprint density at radius 1 is 1.36 bits per heavy atom. The van der Waals surface area contributed by atoms with Crippen molar-refractivity contribution in [1.29, 1.82) is 0 Å². The van der Waals surface area contributed by atoms with Crippen molar-refractivity contribution in [3.05, 3.63) is 35.4 Å². The van der Waals surface area contributed by atoms with Gasteiger partial charge in [-0.3, -0.25) is 9.59 Å². The molecule has 0 aromatic heterocycles. The Kier molecular flexibility index (Phi) is 5.22. The van der Waals surface area contributed by atoms with Gasteiger partial charge in [0.25, 0.3) is 5.91 Å². The molecule has 1 aliphatic heterocycles. The zero-order valence-corrected chi connectivity index (χ0v) is 13.8. The van der Waals surface area contributed by atoms with Crippen molar-refractivity contribution in [2.45, 2.75) is 58.5 Å². The first-order chi connectivity index (χ1) is 10.4. The quantitative estimate of drug-likeness (QED) is 0.877. The Morgan fingerprint density at radius 3 is 2.77 bits per heavy atom. The lowest BCUT2D eigenvalue weighted by atomic mass is 9.98. The van der Waals surface area contributed by atoms with Crippen LogP contribution in [0.2, 0.25) is 0 Å². The van der Waals surface area contributed by atoms with E-state index in [2.05, 4.69) is 12.2 Å². The molecule has 0 spiro atoms. The van der Waals surface area contributed by atoms with Gasteiger partial charge in [-0.2, -0.15) is 0 Å². The van der Waals surface area contributed by atoms with Crippen molar-refractivity contribution < 1.29 is 9.59 Å². The topological polar surface area (TPSA) is 49.4 Å². The van der Waals surface area contributed by atoms with Crippen LogP contribution in [0, 0.1) is 0 Å². The second kappa shape index (κ2) is 6.95. The van der Waals surface area contributed by atoms with Crippen LogP contribution in [0.15, 0.2) is 24.3 Å². The molecule has 1 N–H and O–H groups in total. The average molecular weight is 302 g/mol.